The molecule has 0 aromatic heterocycles. The van der Waals surface area contributed by atoms with Crippen LogP contribution in [0.15, 0.2) is 72.8 Å². The predicted octanol–water partition coefficient (Wildman–Crippen LogP) is 4.88. The van der Waals surface area contributed by atoms with Gasteiger partial charge in [0.05, 0.1) is 5.56 Å². The molecule has 0 radical (unpaired) electrons. The number of benzene rings is 3. The van der Waals surface area contributed by atoms with Crippen molar-refractivity contribution in [2.24, 2.45) is 0 Å². The third kappa shape index (κ3) is 3.64. The Kier molecular flexibility index (Phi) is 4.48. The third-order valence-electron chi connectivity index (χ3n) is 3.53. The molecule has 0 N–H and O–H groups in total. The monoisotopic (exact) mass is 306 g/mol. The molecule has 0 unspecified atom stereocenters. The van der Waals surface area contributed by atoms with Crippen LogP contribution >= 0.6 is 0 Å². The van der Waals surface area contributed by atoms with Crippen LogP contribution in [0, 0.1) is 5.82 Å². The molecular formula is C20H15FO2. The van der Waals surface area contributed by atoms with Crippen molar-refractivity contribution in [3.63, 3.8) is 0 Å². The molecule has 0 saturated heterocycles. The first-order valence-electron chi connectivity index (χ1n) is 7.28. The van der Waals surface area contributed by atoms with Crippen molar-refractivity contribution in [2.45, 2.75) is 6.61 Å². The number of aldehydes is 1. The van der Waals surface area contributed by atoms with Crippen molar-refractivity contribution < 1.29 is 13.9 Å². The summed E-state index contributed by atoms with van der Waals surface area (Å²) in [6.45, 7) is 0.390. The van der Waals surface area contributed by atoms with Crippen molar-refractivity contribution >= 4 is 6.29 Å². The number of ether oxygens (including phenoxy) is 1. The van der Waals surface area contributed by atoms with E-state index in [-0.39, 0.29) is 5.82 Å². The van der Waals surface area contributed by atoms with Crippen LogP contribution in [0.1, 0.15) is 15.9 Å². The zero-order valence-corrected chi connectivity index (χ0v) is 12.4. The SMILES string of the molecule is O=Cc1cc(-c2cccc(F)c2)ccc1OCc1ccccc1. The lowest BCUT2D eigenvalue weighted by molar-refractivity contribution is 0.111. The molecular weight excluding hydrogens is 291 g/mol. The summed E-state index contributed by atoms with van der Waals surface area (Å²) >= 11 is 0. The Morgan fingerprint density at radius 2 is 1.65 bits per heavy atom. The molecule has 0 fully saturated rings. The van der Waals surface area contributed by atoms with E-state index in [2.05, 4.69) is 0 Å². The van der Waals surface area contributed by atoms with Gasteiger partial charge in [0.25, 0.3) is 0 Å². The lowest BCUT2D eigenvalue weighted by Crippen LogP contribution is -1.98. The summed E-state index contributed by atoms with van der Waals surface area (Å²) in [6.07, 6.45) is 0.753. The molecule has 3 heteroatoms. The second-order valence-electron chi connectivity index (χ2n) is 5.16. The minimum absolute atomic E-state index is 0.306. The fourth-order valence-electron chi connectivity index (χ4n) is 2.35. The summed E-state index contributed by atoms with van der Waals surface area (Å²) < 4.78 is 19.1. The Morgan fingerprint density at radius 3 is 2.39 bits per heavy atom. The zero-order chi connectivity index (χ0) is 16.1. The number of hydrogen-bond donors (Lipinski definition) is 0. The quantitative estimate of drug-likeness (QED) is 0.628. The van der Waals surface area contributed by atoms with Gasteiger partial charge in [0.2, 0.25) is 0 Å². The molecule has 0 aliphatic heterocycles. The van der Waals surface area contributed by atoms with Crippen molar-refractivity contribution in [3.8, 4) is 16.9 Å². The van der Waals surface area contributed by atoms with Gasteiger partial charge in [-0.15, -0.1) is 0 Å². The maximum atomic E-state index is 13.3. The van der Waals surface area contributed by atoms with E-state index in [9.17, 15) is 9.18 Å². The second kappa shape index (κ2) is 6.88. The summed E-state index contributed by atoms with van der Waals surface area (Å²) in [6, 6.07) is 21.3. The number of carbonyl (C=O) groups excluding carboxylic acids is 1. The fourth-order valence-corrected chi connectivity index (χ4v) is 2.35. The molecule has 3 aromatic rings. The molecule has 2 nitrogen and oxygen atoms in total. The predicted molar refractivity (Wildman–Crippen MR) is 88.0 cm³/mol. The van der Waals surface area contributed by atoms with Gasteiger partial charge >= 0.3 is 0 Å². The van der Waals surface area contributed by atoms with Crippen molar-refractivity contribution in [1.29, 1.82) is 0 Å². The lowest BCUT2D eigenvalue weighted by atomic mass is 10.0. The Balaban J connectivity index is 1.84. The first-order chi connectivity index (χ1) is 11.3. The molecule has 114 valence electrons. The van der Waals surface area contributed by atoms with Crippen LogP contribution in [0.4, 0.5) is 4.39 Å². The lowest BCUT2D eigenvalue weighted by Gasteiger charge is -2.10. The molecule has 23 heavy (non-hydrogen) atoms. The maximum Gasteiger partial charge on any atom is 0.153 e. The highest BCUT2D eigenvalue weighted by Crippen LogP contribution is 2.26. The topological polar surface area (TPSA) is 26.3 Å². The number of hydrogen-bond acceptors (Lipinski definition) is 2. The molecule has 3 aromatic carbocycles. The molecule has 0 atom stereocenters. The summed E-state index contributed by atoms with van der Waals surface area (Å²) in [4.78, 5) is 11.3. The Hall–Kier alpha value is -2.94. The molecule has 0 heterocycles. The highest BCUT2D eigenvalue weighted by Gasteiger charge is 2.07. The van der Waals surface area contributed by atoms with Gasteiger partial charge in [-0.3, -0.25) is 4.79 Å². The number of halogens is 1. The molecule has 0 aliphatic rings. The Bertz CT molecular complexity index is 813. The fraction of sp³-hybridized carbons (Fsp3) is 0.0500. The van der Waals surface area contributed by atoms with Crippen molar-refractivity contribution in [3.05, 3.63) is 89.7 Å². The van der Waals surface area contributed by atoms with Crippen molar-refractivity contribution in [2.75, 3.05) is 0 Å². The van der Waals surface area contributed by atoms with Gasteiger partial charge in [-0.1, -0.05) is 48.5 Å². The number of carbonyl (C=O) groups is 1. The van der Waals surface area contributed by atoms with Gasteiger partial charge in [0, 0.05) is 0 Å². The standard InChI is InChI=1S/C20H15FO2/c21-19-8-4-7-16(12-19)17-9-10-20(18(11-17)13-22)23-14-15-5-2-1-3-6-15/h1-13H,14H2. The van der Waals surface area contributed by atoms with Gasteiger partial charge in [0.1, 0.15) is 18.2 Å². The largest absolute Gasteiger partial charge is 0.488 e. The van der Waals surface area contributed by atoms with E-state index in [1.165, 1.54) is 12.1 Å². The van der Waals surface area contributed by atoms with E-state index in [1.807, 2.05) is 36.4 Å². The van der Waals surface area contributed by atoms with Crippen LogP contribution in [-0.2, 0) is 6.61 Å². The van der Waals surface area contributed by atoms with E-state index >= 15 is 0 Å². The van der Waals surface area contributed by atoms with E-state index in [4.69, 9.17) is 4.74 Å². The normalized spacial score (nSPS) is 10.3. The first kappa shape index (κ1) is 15.0. The first-order valence-corrected chi connectivity index (χ1v) is 7.28. The molecule has 0 bridgehead atoms. The highest BCUT2D eigenvalue weighted by molar-refractivity contribution is 5.83. The Morgan fingerprint density at radius 1 is 0.870 bits per heavy atom. The van der Waals surface area contributed by atoms with Crippen molar-refractivity contribution in [1.82, 2.24) is 0 Å². The Labute approximate surface area is 134 Å². The molecule has 0 saturated carbocycles. The molecule has 0 spiro atoms. The summed E-state index contributed by atoms with van der Waals surface area (Å²) in [5, 5.41) is 0. The van der Waals surface area contributed by atoms with Gasteiger partial charge in [-0.05, 0) is 41.0 Å². The second-order valence-corrected chi connectivity index (χ2v) is 5.16. The molecule has 0 amide bonds. The average molecular weight is 306 g/mol. The molecule has 3 rings (SSSR count). The molecule has 0 aliphatic carbocycles. The van der Waals surface area contributed by atoms with Crippen LogP contribution in [-0.4, -0.2) is 6.29 Å². The van der Waals surface area contributed by atoms with E-state index in [1.54, 1.807) is 24.3 Å². The van der Waals surface area contributed by atoms with E-state index in [0.29, 0.717) is 17.9 Å². The summed E-state index contributed by atoms with van der Waals surface area (Å²) in [7, 11) is 0. The van der Waals surface area contributed by atoms with Crippen LogP contribution in [0.25, 0.3) is 11.1 Å². The minimum atomic E-state index is -0.306. The third-order valence-corrected chi connectivity index (χ3v) is 3.53. The van der Waals surface area contributed by atoms with Gasteiger partial charge < -0.3 is 4.74 Å². The summed E-state index contributed by atoms with van der Waals surface area (Å²) in [5.41, 5.74) is 2.97. The van der Waals surface area contributed by atoms with Crippen LogP contribution < -0.4 is 4.74 Å². The van der Waals surface area contributed by atoms with Gasteiger partial charge in [-0.2, -0.15) is 0 Å². The minimum Gasteiger partial charge on any atom is -0.488 e. The average Bonchev–Trinajstić information content (AvgIpc) is 2.60. The van der Waals surface area contributed by atoms with E-state index < -0.39 is 0 Å². The van der Waals surface area contributed by atoms with Gasteiger partial charge in [-0.25, -0.2) is 4.39 Å². The van der Waals surface area contributed by atoms with E-state index in [0.717, 1.165) is 23.0 Å². The maximum absolute atomic E-state index is 13.3. The summed E-state index contributed by atoms with van der Waals surface area (Å²) in [5.74, 6) is 0.212. The van der Waals surface area contributed by atoms with Gasteiger partial charge in [0.15, 0.2) is 6.29 Å². The smallest absolute Gasteiger partial charge is 0.153 e. The highest BCUT2D eigenvalue weighted by atomic mass is 19.1. The van der Waals surface area contributed by atoms with Crippen LogP contribution in [0.2, 0.25) is 0 Å². The zero-order valence-electron chi connectivity index (χ0n) is 12.4. The van der Waals surface area contributed by atoms with Crippen LogP contribution in [0.3, 0.4) is 0 Å². The van der Waals surface area contributed by atoms with Crippen LogP contribution in [0.5, 0.6) is 5.75 Å². The number of rotatable bonds is 5.